The van der Waals surface area contributed by atoms with E-state index in [0.717, 1.165) is 12.8 Å². The van der Waals surface area contributed by atoms with Gasteiger partial charge in [0.1, 0.15) is 12.6 Å². The number of rotatable bonds is 10. The maximum Gasteiger partial charge on any atom is 0.406 e. The number of methoxy groups -OCH3 is 1. The van der Waals surface area contributed by atoms with E-state index in [0.29, 0.717) is 22.0 Å². The highest BCUT2D eigenvalue weighted by atomic mass is 19.4. The molecule has 0 aromatic carbocycles. The molecule has 0 radical (unpaired) electrons. The van der Waals surface area contributed by atoms with Crippen molar-refractivity contribution in [1.29, 1.82) is 5.26 Å². The Morgan fingerprint density at radius 1 is 1.24 bits per heavy atom. The molecule has 2 aromatic rings. The molecular weight excluding hydrogens is 455 g/mol. The molecule has 2 heterocycles. The Hall–Kier alpha value is -3.79. The second-order valence-electron chi connectivity index (χ2n) is 7.56. The van der Waals surface area contributed by atoms with E-state index in [2.05, 4.69) is 25.6 Å². The molecule has 0 atom stereocenters. The van der Waals surface area contributed by atoms with Gasteiger partial charge < -0.3 is 20.3 Å². The predicted octanol–water partition coefficient (Wildman–Crippen LogP) is 2.21. The summed E-state index contributed by atoms with van der Waals surface area (Å²) in [6.07, 6.45) is 1.32. The lowest BCUT2D eigenvalue weighted by molar-refractivity contribution is -0.161. The van der Waals surface area contributed by atoms with Crippen molar-refractivity contribution in [3.63, 3.8) is 0 Å². The summed E-state index contributed by atoms with van der Waals surface area (Å²) in [6, 6.07) is 3.36. The highest BCUT2D eigenvalue weighted by Gasteiger charge is 2.33. The highest BCUT2D eigenvalue weighted by molar-refractivity contribution is 5.93. The van der Waals surface area contributed by atoms with Gasteiger partial charge in [-0.2, -0.15) is 18.4 Å². The SMILES string of the molecule is COCCN(CC(F)(F)F)C(=O)CNc1cc(-c2cnc(NC(=O)C3CC3)cn2)cnc1C#N. The minimum atomic E-state index is -4.56. The number of nitrogens with one attached hydrogen (secondary N) is 2. The monoisotopic (exact) mass is 477 g/mol. The molecule has 13 heteroatoms. The molecule has 1 saturated carbocycles. The number of aromatic nitrogens is 3. The Morgan fingerprint density at radius 2 is 2.00 bits per heavy atom. The normalized spacial score (nSPS) is 13.1. The zero-order chi connectivity index (χ0) is 24.7. The van der Waals surface area contributed by atoms with Crippen LogP contribution in [-0.2, 0) is 14.3 Å². The van der Waals surface area contributed by atoms with Crippen LogP contribution in [0.15, 0.2) is 24.7 Å². The lowest BCUT2D eigenvalue weighted by Crippen LogP contribution is -2.43. The minimum absolute atomic E-state index is 0.0158. The van der Waals surface area contributed by atoms with Gasteiger partial charge in [0, 0.05) is 31.3 Å². The average Bonchev–Trinajstić information content (AvgIpc) is 3.65. The van der Waals surface area contributed by atoms with Crippen molar-refractivity contribution < 1.29 is 27.5 Å². The Morgan fingerprint density at radius 3 is 2.59 bits per heavy atom. The number of nitrogens with zero attached hydrogens (tertiary/aromatic N) is 5. The molecule has 34 heavy (non-hydrogen) atoms. The third kappa shape index (κ3) is 7.11. The smallest absolute Gasteiger partial charge is 0.383 e. The number of carbonyl (C=O) groups is 2. The van der Waals surface area contributed by atoms with Gasteiger partial charge in [-0.1, -0.05) is 0 Å². The lowest BCUT2D eigenvalue weighted by atomic mass is 10.1. The molecule has 3 rings (SSSR count). The van der Waals surface area contributed by atoms with Crippen LogP contribution in [0.5, 0.6) is 0 Å². The number of ether oxygens (including phenoxy) is 1. The fourth-order valence-corrected chi connectivity index (χ4v) is 2.94. The molecule has 2 aromatic heterocycles. The van der Waals surface area contributed by atoms with Gasteiger partial charge in [0.25, 0.3) is 0 Å². The molecule has 0 aliphatic heterocycles. The van der Waals surface area contributed by atoms with E-state index in [4.69, 9.17) is 4.74 Å². The van der Waals surface area contributed by atoms with Gasteiger partial charge in [0.15, 0.2) is 11.5 Å². The maximum absolute atomic E-state index is 12.8. The summed E-state index contributed by atoms with van der Waals surface area (Å²) in [5, 5.41) is 14.7. The second-order valence-corrected chi connectivity index (χ2v) is 7.56. The Balaban J connectivity index is 1.70. The van der Waals surface area contributed by atoms with Crippen LogP contribution in [0.1, 0.15) is 18.5 Å². The molecule has 10 nitrogen and oxygen atoms in total. The number of amides is 2. The molecule has 1 aliphatic rings. The summed E-state index contributed by atoms with van der Waals surface area (Å²) < 4.78 is 43.2. The molecule has 180 valence electrons. The van der Waals surface area contributed by atoms with Gasteiger partial charge in [0.2, 0.25) is 11.8 Å². The molecule has 2 amide bonds. The number of pyridine rings is 1. The first-order valence-corrected chi connectivity index (χ1v) is 10.3. The van der Waals surface area contributed by atoms with Gasteiger partial charge in [0.05, 0.1) is 36.9 Å². The van der Waals surface area contributed by atoms with Crippen LogP contribution >= 0.6 is 0 Å². The predicted molar refractivity (Wildman–Crippen MR) is 114 cm³/mol. The summed E-state index contributed by atoms with van der Waals surface area (Å²) in [6.45, 7) is -2.20. The number of nitriles is 1. The van der Waals surface area contributed by atoms with E-state index in [9.17, 15) is 28.0 Å². The summed E-state index contributed by atoms with van der Waals surface area (Å²) in [7, 11) is 1.32. The van der Waals surface area contributed by atoms with Crippen LogP contribution in [0, 0.1) is 17.2 Å². The maximum atomic E-state index is 12.8. The zero-order valence-corrected chi connectivity index (χ0v) is 18.2. The van der Waals surface area contributed by atoms with Gasteiger partial charge >= 0.3 is 6.18 Å². The van der Waals surface area contributed by atoms with Crippen molar-refractivity contribution in [2.45, 2.75) is 19.0 Å². The molecule has 0 saturated heterocycles. The largest absolute Gasteiger partial charge is 0.406 e. The summed E-state index contributed by atoms with van der Waals surface area (Å²) in [5.41, 5.74) is 0.944. The van der Waals surface area contributed by atoms with Gasteiger partial charge in [-0.05, 0) is 18.9 Å². The number of carbonyl (C=O) groups excluding carboxylic acids is 2. The number of anilines is 2. The quantitative estimate of drug-likeness (QED) is 0.532. The van der Waals surface area contributed by atoms with Crippen molar-refractivity contribution in [3.05, 3.63) is 30.4 Å². The van der Waals surface area contributed by atoms with Crippen molar-refractivity contribution in [3.8, 4) is 17.3 Å². The Bertz CT molecular complexity index is 1070. The first-order valence-electron chi connectivity index (χ1n) is 10.3. The van der Waals surface area contributed by atoms with E-state index < -0.39 is 25.2 Å². The second kappa shape index (κ2) is 10.9. The summed E-state index contributed by atoms with van der Waals surface area (Å²) >= 11 is 0. The Kier molecular flexibility index (Phi) is 7.95. The van der Waals surface area contributed by atoms with E-state index in [1.165, 1.54) is 31.8 Å². The lowest BCUT2D eigenvalue weighted by Gasteiger charge is -2.24. The molecule has 1 aliphatic carbocycles. The molecule has 0 spiro atoms. The molecule has 1 fully saturated rings. The van der Waals surface area contributed by atoms with Crippen LogP contribution in [-0.4, -0.2) is 71.2 Å². The number of alkyl halides is 3. The third-order valence-electron chi connectivity index (χ3n) is 4.86. The fraction of sp³-hybridized carbons (Fsp3) is 0.429. The van der Waals surface area contributed by atoms with Crippen molar-refractivity contribution in [1.82, 2.24) is 19.9 Å². The third-order valence-corrected chi connectivity index (χ3v) is 4.86. The average molecular weight is 477 g/mol. The van der Waals surface area contributed by atoms with E-state index in [1.807, 2.05) is 6.07 Å². The summed E-state index contributed by atoms with van der Waals surface area (Å²) in [4.78, 5) is 37.2. The topological polar surface area (TPSA) is 133 Å². The zero-order valence-electron chi connectivity index (χ0n) is 18.2. The standard InChI is InChI=1S/C21H22F3N7O3/c1-34-5-4-31(12-21(22,23)24)19(32)11-28-15-6-14(8-26-16(15)7-25)17-9-29-18(10-27-17)30-20(33)13-2-3-13/h6,8-10,13,28H,2-5,11-12H2,1H3,(H,29,30,33). The van der Waals surface area contributed by atoms with Crippen molar-refractivity contribution in [2.24, 2.45) is 5.92 Å². The van der Waals surface area contributed by atoms with Gasteiger partial charge in [-0.3, -0.25) is 14.6 Å². The van der Waals surface area contributed by atoms with Crippen LogP contribution in [0.3, 0.4) is 0 Å². The van der Waals surface area contributed by atoms with Gasteiger partial charge in [-0.15, -0.1) is 0 Å². The van der Waals surface area contributed by atoms with Crippen LogP contribution in [0.25, 0.3) is 11.3 Å². The number of hydrogen-bond donors (Lipinski definition) is 2. The van der Waals surface area contributed by atoms with Crippen molar-refractivity contribution >= 4 is 23.3 Å². The first-order chi connectivity index (χ1) is 16.2. The highest BCUT2D eigenvalue weighted by Crippen LogP contribution is 2.30. The van der Waals surface area contributed by atoms with E-state index >= 15 is 0 Å². The summed E-state index contributed by atoms with van der Waals surface area (Å²) in [5.74, 6) is -0.614. The van der Waals surface area contributed by atoms with Crippen LogP contribution in [0.2, 0.25) is 0 Å². The first kappa shape index (κ1) is 24.8. The molecule has 2 N–H and O–H groups in total. The van der Waals surface area contributed by atoms with Crippen LogP contribution in [0.4, 0.5) is 24.7 Å². The molecule has 0 unspecified atom stereocenters. The fourth-order valence-electron chi connectivity index (χ4n) is 2.94. The van der Waals surface area contributed by atoms with Crippen LogP contribution < -0.4 is 10.6 Å². The van der Waals surface area contributed by atoms with Gasteiger partial charge in [-0.25, -0.2) is 9.97 Å². The van der Waals surface area contributed by atoms with E-state index in [1.54, 1.807) is 0 Å². The Labute approximate surface area is 193 Å². The number of hydrogen-bond acceptors (Lipinski definition) is 8. The van der Waals surface area contributed by atoms with Crippen molar-refractivity contribution in [2.75, 3.05) is 44.0 Å². The minimum Gasteiger partial charge on any atom is -0.383 e. The van der Waals surface area contributed by atoms with E-state index in [-0.39, 0.29) is 36.4 Å². The number of halogens is 3. The molecular formula is C21H22F3N7O3. The molecule has 0 bridgehead atoms.